The molecule has 0 atom stereocenters. The Balaban J connectivity index is 1.95. The number of carboxylic acid groups (broad SMARTS) is 1. The number of carboxylic acids is 1. The Morgan fingerprint density at radius 3 is 2.58 bits per heavy atom. The molecular formula is C15H20BrNO2. The lowest BCUT2D eigenvalue weighted by Gasteiger charge is -2.36. The van der Waals surface area contributed by atoms with E-state index in [0.717, 1.165) is 36.9 Å². The normalized spacial score (nSPS) is 19.3. The molecule has 0 unspecified atom stereocenters. The van der Waals surface area contributed by atoms with Gasteiger partial charge in [-0.15, -0.1) is 0 Å². The first kappa shape index (κ1) is 14.5. The highest BCUT2D eigenvalue weighted by molar-refractivity contribution is 9.10. The van der Waals surface area contributed by atoms with Crippen molar-refractivity contribution in [3.05, 3.63) is 33.8 Å². The summed E-state index contributed by atoms with van der Waals surface area (Å²) in [6.07, 6.45) is 1.46. The molecule has 2 rings (SSSR count). The number of carbonyl (C=O) groups is 1. The second-order valence-electron chi connectivity index (χ2n) is 5.73. The first-order valence-electron chi connectivity index (χ1n) is 6.61. The van der Waals surface area contributed by atoms with Gasteiger partial charge in [-0.1, -0.05) is 28.1 Å². The van der Waals surface area contributed by atoms with Crippen molar-refractivity contribution in [1.29, 1.82) is 0 Å². The maximum Gasteiger partial charge on any atom is 0.309 e. The fourth-order valence-corrected chi connectivity index (χ4v) is 2.84. The molecule has 19 heavy (non-hydrogen) atoms. The molecular weight excluding hydrogens is 306 g/mol. The van der Waals surface area contributed by atoms with E-state index >= 15 is 0 Å². The topological polar surface area (TPSA) is 40.5 Å². The zero-order valence-electron chi connectivity index (χ0n) is 11.4. The van der Waals surface area contributed by atoms with E-state index in [4.69, 9.17) is 0 Å². The first-order valence-corrected chi connectivity index (χ1v) is 7.41. The van der Waals surface area contributed by atoms with Gasteiger partial charge in [-0.25, -0.2) is 0 Å². The third-order valence-electron chi connectivity index (χ3n) is 4.12. The zero-order chi connectivity index (χ0) is 14.0. The largest absolute Gasteiger partial charge is 0.481 e. The molecule has 1 fully saturated rings. The number of aliphatic carboxylic acids is 1. The van der Waals surface area contributed by atoms with Crippen LogP contribution in [0, 0.1) is 12.3 Å². The summed E-state index contributed by atoms with van der Waals surface area (Å²) in [6.45, 7) is 6.54. The van der Waals surface area contributed by atoms with Crippen molar-refractivity contribution in [3.8, 4) is 0 Å². The van der Waals surface area contributed by atoms with Crippen molar-refractivity contribution >= 4 is 21.9 Å². The third kappa shape index (κ3) is 3.37. The minimum Gasteiger partial charge on any atom is -0.481 e. The van der Waals surface area contributed by atoms with Crippen LogP contribution >= 0.6 is 15.9 Å². The summed E-state index contributed by atoms with van der Waals surface area (Å²) in [7, 11) is 0. The van der Waals surface area contributed by atoms with Crippen LogP contribution in [-0.2, 0) is 11.3 Å². The standard InChI is InChI=1S/C15H20BrNO2/c1-11-3-4-12(9-13(11)16)10-17-7-5-15(2,6-8-17)14(18)19/h3-4,9H,5-8,10H2,1-2H3,(H,18,19). The highest BCUT2D eigenvalue weighted by atomic mass is 79.9. The van der Waals surface area contributed by atoms with Gasteiger partial charge in [-0.2, -0.15) is 0 Å². The lowest BCUT2D eigenvalue weighted by atomic mass is 9.80. The average Bonchev–Trinajstić information content (AvgIpc) is 2.37. The van der Waals surface area contributed by atoms with Crippen LogP contribution in [0.3, 0.4) is 0 Å². The van der Waals surface area contributed by atoms with E-state index in [1.807, 2.05) is 6.92 Å². The summed E-state index contributed by atoms with van der Waals surface area (Å²) in [5.41, 5.74) is 1.97. The summed E-state index contributed by atoms with van der Waals surface area (Å²) in [5, 5.41) is 9.22. The van der Waals surface area contributed by atoms with Gasteiger partial charge in [0.2, 0.25) is 0 Å². The lowest BCUT2D eigenvalue weighted by Crippen LogP contribution is -2.42. The minimum absolute atomic E-state index is 0.537. The lowest BCUT2D eigenvalue weighted by molar-refractivity contribution is -0.150. The number of aryl methyl sites for hydroxylation is 1. The highest BCUT2D eigenvalue weighted by Gasteiger charge is 2.36. The van der Waals surface area contributed by atoms with Gasteiger partial charge in [0, 0.05) is 11.0 Å². The predicted molar refractivity (Wildman–Crippen MR) is 79.1 cm³/mol. The van der Waals surface area contributed by atoms with Crippen molar-refractivity contribution in [1.82, 2.24) is 4.90 Å². The molecule has 3 nitrogen and oxygen atoms in total. The molecule has 0 amide bonds. The Hall–Kier alpha value is -0.870. The van der Waals surface area contributed by atoms with Gasteiger partial charge < -0.3 is 5.11 Å². The summed E-state index contributed by atoms with van der Waals surface area (Å²) in [5.74, 6) is -0.662. The highest BCUT2D eigenvalue weighted by Crippen LogP contribution is 2.31. The second-order valence-corrected chi connectivity index (χ2v) is 6.58. The molecule has 1 heterocycles. The number of halogens is 1. The molecule has 1 aromatic rings. The Bertz CT molecular complexity index is 479. The Kier molecular flexibility index (Phi) is 4.31. The predicted octanol–water partition coefficient (Wildman–Crippen LogP) is 3.44. The first-order chi connectivity index (χ1) is 8.90. The Labute approximate surface area is 122 Å². The number of nitrogens with zero attached hydrogens (tertiary/aromatic N) is 1. The summed E-state index contributed by atoms with van der Waals surface area (Å²) in [6, 6.07) is 6.41. The molecule has 1 N–H and O–H groups in total. The molecule has 1 aromatic carbocycles. The number of piperidine rings is 1. The quantitative estimate of drug-likeness (QED) is 0.925. The summed E-state index contributed by atoms with van der Waals surface area (Å²) in [4.78, 5) is 13.5. The Morgan fingerprint density at radius 2 is 2.05 bits per heavy atom. The summed E-state index contributed by atoms with van der Waals surface area (Å²) >= 11 is 3.55. The van der Waals surface area contributed by atoms with Crippen molar-refractivity contribution < 1.29 is 9.90 Å². The number of benzene rings is 1. The molecule has 4 heteroatoms. The minimum atomic E-state index is -0.662. The maximum absolute atomic E-state index is 11.2. The third-order valence-corrected chi connectivity index (χ3v) is 4.97. The average molecular weight is 326 g/mol. The van der Waals surface area contributed by atoms with Crippen LogP contribution in [0.4, 0.5) is 0 Å². The van der Waals surface area contributed by atoms with E-state index in [9.17, 15) is 9.90 Å². The van der Waals surface area contributed by atoms with Crippen molar-refractivity contribution in [2.24, 2.45) is 5.41 Å². The second kappa shape index (κ2) is 5.63. The van der Waals surface area contributed by atoms with Gasteiger partial charge in [-0.3, -0.25) is 9.69 Å². The fourth-order valence-electron chi connectivity index (χ4n) is 2.41. The zero-order valence-corrected chi connectivity index (χ0v) is 13.0. The summed E-state index contributed by atoms with van der Waals surface area (Å²) < 4.78 is 1.14. The Morgan fingerprint density at radius 1 is 1.42 bits per heavy atom. The van der Waals surface area contributed by atoms with Crippen LogP contribution in [0.2, 0.25) is 0 Å². The van der Waals surface area contributed by atoms with Crippen molar-refractivity contribution in [3.63, 3.8) is 0 Å². The van der Waals surface area contributed by atoms with Crippen molar-refractivity contribution in [2.75, 3.05) is 13.1 Å². The van der Waals surface area contributed by atoms with E-state index in [1.165, 1.54) is 11.1 Å². The van der Waals surface area contributed by atoms with E-state index in [-0.39, 0.29) is 0 Å². The molecule has 0 aliphatic carbocycles. The van der Waals surface area contributed by atoms with E-state index < -0.39 is 11.4 Å². The van der Waals surface area contributed by atoms with Crippen LogP contribution in [0.5, 0.6) is 0 Å². The molecule has 0 radical (unpaired) electrons. The molecule has 0 bridgehead atoms. The van der Waals surface area contributed by atoms with Gasteiger partial charge >= 0.3 is 5.97 Å². The molecule has 0 spiro atoms. The molecule has 104 valence electrons. The molecule has 1 aliphatic rings. The number of rotatable bonds is 3. The van der Waals surface area contributed by atoms with Crippen LogP contribution in [-0.4, -0.2) is 29.1 Å². The number of hydrogen-bond donors (Lipinski definition) is 1. The van der Waals surface area contributed by atoms with E-state index in [1.54, 1.807) is 0 Å². The monoisotopic (exact) mass is 325 g/mol. The van der Waals surface area contributed by atoms with Crippen LogP contribution < -0.4 is 0 Å². The SMILES string of the molecule is Cc1ccc(CN2CCC(C)(C(=O)O)CC2)cc1Br. The molecule has 1 aliphatic heterocycles. The van der Waals surface area contributed by atoms with Crippen LogP contribution in [0.25, 0.3) is 0 Å². The number of likely N-dealkylation sites (tertiary alicyclic amines) is 1. The van der Waals surface area contributed by atoms with Crippen LogP contribution in [0.15, 0.2) is 22.7 Å². The number of hydrogen-bond acceptors (Lipinski definition) is 2. The van der Waals surface area contributed by atoms with Crippen LogP contribution in [0.1, 0.15) is 30.9 Å². The van der Waals surface area contributed by atoms with Gasteiger partial charge in [0.1, 0.15) is 0 Å². The van der Waals surface area contributed by atoms with Gasteiger partial charge in [0.25, 0.3) is 0 Å². The molecule has 0 saturated carbocycles. The smallest absolute Gasteiger partial charge is 0.309 e. The molecule has 0 aromatic heterocycles. The van der Waals surface area contributed by atoms with Crippen molar-refractivity contribution in [2.45, 2.75) is 33.2 Å². The maximum atomic E-state index is 11.2. The van der Waals surface area contributed by atoms with Gasteiger partial charge in [-0.05, 0) is 57.0 Å². The van der Waals surface area contributed by atoms with E-state index in [0.29, 0.717) is 0 Å². The molecule has 1 saturated heterocycles. The van der Waals surface area contributed by atoms with E-state index in [2.05, 4.69) is 46.0 Å². The van der Waals surface area contributed by atoms with Gasteiger partial charge in [0.15, 0.2) is 0 Å². The van der Waals surface area contributed by atoms with Gasteiger partial charge in [0.05, 0.1) is 5.41 Å². The fraction of sp³-hybridized carbons (Fsp3) is 0.533.